The number of hydrogen-bond donors (Lipinski definition) is 1. The van der Waals surface area contributed by atoms with Crippen molar-refractivity contribution in [1.29, 1.82) is 0 Å². The summed E-state index contributed by atoms with van der Waals surface area (Å²) in [5, 5.41) is -0.491. The lowest BCUT2D eigenvalue weighted by Gasteiger charge is -2.19. The summed E-state index contributed by atoms with van der Waals surface area (Å²) in [6.45, 7) is 3.29. The molecule has 0 spiro atoms. The number of allylic oxidation sites excluding steroid dienone is 1. The van der Waals surface area contributed by atoms with Gasteiger partial charge in [0.1, 0.15) is 11.6 Å². The minimum absolute atomic E-state index is 0.250. The molecule has 0 saturated carbocycles. The molecule has 2 aromatic rings. The lowest BCUT2D eigenvalue weighted by molar-refractivity contribution is 0.561. The van der Waals surface area contributed by atoms with E-state index in [1.807, 2.05) is 18.2 Å². The average molecular weight is 377 g/mol. The molecule has 0 aromatic heterocycles. The highest BCUT2D eigenvalue weighted by molar-refractivity contribution is 7.90. The number of sulfonamides is 1. The van der Waals surface area contributed by atoms with Crippen LogP contribution in [0.5, 0.6) is 0 Å². The third-order valence-electron chi connectivity index (χ3n) is 4.54. The first-order valence-corrected chi connectivity index (χ1v) is 10.1. The zero-order chi connectivity index (χ0) is 18.9. The van der Waals surface area contributed by atoms with Gasteiger partial charge in [-0.2, -0.15) is 0 Å². The summed E-state index contributed by atoms with van der Waals surface area (Å²) in [4.78, 5) is 0. The van der Waals surface area contributed by atoms with Crippen LogP contribution in [-0.2, 0) is 10.0 Å². The van der Waals surface area contributed by atoms with Gasteiger partial charge in [-0.25, -0.2) is 21.9 Å². The van der Waals surface area contributed by atoms with Crippen LogP contribution in [0.3, 0.4) is 0 Å². The predicted molar refractivity (Wildman–Crippen MR) is 100.0 cm³/mol. The quantitative estimate of drug-likeness (QED) is 0.834. The molecular formula is C20H21F2NO2S. The van der Waals surface area contributed by atoms with Crippen LogP contribution in [0.4, 0.5) is 8.78 Å². The maximum Gasteiger partial charge on any atom is 0.214 e. The van der Waals surface area contributed by atoms with E-state index in [0.717, 1.165) is 30.0 Å². The largest absolute Gasteiger partial charge is 0.214 e. The van der Waals surface area contributed by atoms with Crippen molar-refractivity contribution < 1.29 is 17.2 Å². The topological polar surface area (TPSA) is 46.2 Å². The Labute approximate surface area is 152 Å². The Morgan fingerprint density at radius 2 is 1.54 bits per heavy atom. The van der Waals surface area contributed by atoms with Crippen LogP contribution >= 0.6 is 0 Å². The van der Waals surface area contributed by atoms with Crippen molar-refractivity contribution in [2.75, 3.05) is 0 Å². The van der Waals surface area contributed by atoms with E-state index in [1.165, 1.54) is 12.1 Å². The molecule has 6 heteroatoms. The molecule has 0 heterocycles. The highest BCUT2D eigenvalue weighted by Crippen LogP contribution is 2.31. The zero-order valence-corrected chi connectivity index (χ0v) is 15.5. The van der Waals surface area contributed by atoms with Crippen molar-refractivity contribution in [2.45, 2.75) is 38.0 Å². The van der Waals surface area contributed by atoms with E-state index >= 15 is 0 Å². The Hall–Kier alpha value is -2.05. The minimum atomic E-state index is -3.36. The Bertz CT molecular complexity index is 915. The summed E-state index contributed by atoms with van der Waals surface area (Å²) >= 11 is 0. The summed E-state index contributed by atoms with van der Waals surface area (Å²) < 4.78 is 53.9. The van der Waals surface area contributed by atoms with Gasteiger partial charge in [-0.3, -0.25) is 0 Å². The van der Waals surface area contributed by atoms with Gasteiger partial charge in [0.25, 0.3) is 0 Å². The molecule has 2 aromatic carbocycles. The maximum absolute atomic E-state index is 13.4. The second kappa shape index (κ2) is 7.29. The number of halogens is 2. The van der Waals surface area contributed by atoms with Crippen molar-refractivity contribution in [3.05, 3.63) is 65.7 Å². The molecule has 26 heavy (non-hydrogen) atoms. The Balaban J connectivity index is 1.84. The van der Waals surface area contributed by atoms with Gasteiger partial charge >= 0.3 is 0 Å². The van der Waals surface area contributed by atoms with Crippen molar-refractivity contribution in [1.82, 2.24) is 4.72 Å². The van der Waals surface area contributed by atoms with Crippen LogP contribution in [0.15, 0.2) is 48.5 Å². The minimum Gasteiger partial charge on any atom is -0.212 e. The van der Waals surface area contributed by atoms with Crippen molar-refractivity contribution in [3.63, 3.8) is 0 Å². The second-order valence-electron chi connectivity index (χ2n) is 6.74. The van der Waals surface area contributed by atoms with Crippen molar-refractivity contribution in [2.24, 2.45) is 0 Å². The molecule has 1 unspecified atom stereocenters. The van der Waals surface area contributed by atoms with Crippen LogP contribution < -0.4 is 4.72 Å². The lowest BCUT2D eigenvalue weighted by atomic mass is 9.98. The summed E-state index contributed by atoms with van der Waals surface area (Å²) in [7, 11) is -3.36. The summed E-state index contributed by atoms with van der Waals surface area (Å²) in [6, 6.07) is 10.4. The Morgan fingerprint density at radius 1 is 0.962 bits per heavy atom. The smallest absolute Gasteiger partial charge is 0.212 e. The van der Waals surface area contributed by atoms with Gasteiger partial charge in [-0.05, 0) is 61.1 Å². The zero-order valence-electron chi connectivity index (χ0n) is 14.7. The standard InChI is InChI=1S/C20H21F2NO2S/c1-13(2)26(24,25)23-20-5-3-4-19(20)15-8-6-14(7-9-15)16-10-17(21)12-18(22)11-16/h4,6-13,20,23H,3,5H2,1-2H3. The average Bonchev–Trinajstić information content (AvgIpc) is 3.01. The van der Waals surface area contributed by atoms with E-state index in [9.17, 15) is 17.2 Å². The van der Waals surface area contributed by atoms with E-state index in [2.05, 4.69) is 4.72 Å². The third-order valence-corrected chi connectivity index (χ3v) is 6.39. The number of nitrogens with one attached hydrogen (secondary N) is 1. The summed E-state index contributed by atoms with van der Waals surface area (Å²) in [6.07, 6.45) is 3.56. The van der Waals surface area contributed by atoms with Crippen LogP contribution in [0.2, 0.25) is 0 Å². The number of rotatable bonds is 5. The highest BCUT2D eigenvalue weighted by atomic mass is 32.2. The van der Waals surface area contributed by atoms with Gasteiger partial charge in [-0.15, -0.1) is 0 Å². The maximum atomic E-state index is 13.4. The van der Waals surface area contributed by atoms with E-state index in [1.54, 1.807) is 26.0 Å². The summed E-state index contributed by atoms with van der Waals surface area (Å²) in [5.74, 6) is -1.24. The van der Waals surface area contributed by atoms with Gasteiger partial charge in [0.05, 0.1) is 5.25 Å². The van der Waals surface area contributed by atoms with Crippen LogP contribution in [0.25, 0.3) is 16.7 Å². The first-order valence-electron chi connectivity index (χ1n) is 8.54. The number of hydrogen-bond acceptors (Lipinski definition) is 2. The van der Waals surface area contributed by atoms with E-state index < -0.39 is 26.9 Å². The molecular weight excluding hydrogens is 356 g/mol. The van der Waals surface area contributed by atoms with Crippen molar-refractivity contribution >= 4 is 15.6 Å². The molecule has 1 atom stereocenters. The summed E-state index contributed by atoms with van der Waals surface area (Å²) in [5.41, 5.74) is 3.00. The highest BCUT2D eigenvalue weighted by Gasteiger charge is 2.27. The predicted octanol–water partition coefficient (Wildman–Crippen LogP) is 4.51. The Kier molecular flexibility index (Phi) is 5.25. The first kappa shape index (κ1) is 18.7. The molecule has 3 nitrogen and oxygen atoms in total. The van der Waals surface area contributed by atoms with E-state index in [-0.39, 0.29) is 6.04 Å². The monoisotopic (exact) mass is 377 g/mol. The molecule has 3 rings (SSSR count). The molecule has 0 amide bonds. The fraction of sp³-hybridized carbons (Fsp3) is 0.300. The molecule has 1 aliphatic rings. The second-order valence-corrected chi connectivity index (χ2v) is 9.01. The number of benzene rings is 2. The first-order chi connectivity index (χ1) is 12.3. The third kappa shape index (κ3) is 4.02. The van der Waals surface area contributed by atoms with Gasteiger partial charge in [-0.1, -0.05) is 30.3 Å². The van der Waals surface area contributed by atoms with Crippen LogP contribution in [0.1, 0.15) is 32.3 Å². The molecule has 0 radical (unpaired) electrons. The fourth-order valence-electron chi connectivity index (χ4n) is 3.05. The van der Waals surface area contributed by atoms with Gasteiger partial charge in [0.2, 0.25) is 10.0 Å². The SMILES string of the molecule is CC(C)S(=O)(=O)NC1CCC=C1c1ccc(-c2cc(F)cc(F)c2)cc1. The molecule has 0 fully saturated rings. The van der Waals surface area contributed by atoms with E-state index in [4.69, 9.17) is 0 Å². The van der Waals surface area contributed by atoms with Crippen LogP contribution in [0, 0.1) is 11.6 Å². The Morgan fingerprint density at radius 3 is 2.12 bits per heavy atom. The van der Waals surface area contributed by atoms with E-state index in [0.29, 0.717) is 11.1 Å². The normalized spacial score (nSPS) is 17.6. The fourth-order valence-corrected chi connectivity index (χ4v) is 3.97. The van der Waals surface area contributed by atoms with Crippen LogP contribution in [-0.4, -0.2) is 19.7 Å². The molecule has 0 aliphatic heterocycles. The van der Waals surface area contributed by atoms with Crippen molar-refractivity contribution in [3.8, 4) is 11.1 Å². The molecule has 1 aliphatic carbocycles. The lowest BCUT2D eigenvalue weighted by Crippen LogP contribution is -2.38. The molecule has 0 bridgehead atoms. The molecule has 1 N–H and O–H groups in total. The van der Waals surface area contributed by atoms with Gasteiger partial charge in [0, 0.05) is 12.1 Å². The molecule has 0 saturated heterocycles. The van der Waals surface area contributed by atoms with Gasteiger partial charge < -0.3 is 0 Å². The molecule has 138 valence electrons. The van der Waals surface area contributed by atoms with Gasteiger partial charge in [0.15, 0.2) is 0 Å².